The molecule has 4 amide bonds. The first-order chi connectivity index (χ1) is 15.4. The summed E-state index contributed by atoms with van der Waals surface area (Å²) in [5.41, 5.74) is 1.36. The van der Waals surface area contributed by atoms with Gasteiger partial charge in [0.05, 0.1) is 12.8 Å². The molecule has 1 heterocycles. The van der Waals surface area contributed by atoms with Crippen LogP contribution in [-0.2, 0) is 16.0 Å². The lowest BCUT2D eigenvalue weighted by Crippen LogP contribution is -2.54. The van der Waals surface area contributed by atoms with E-state index in [1.165, 1.54) is 13.2 Å². The number of hydrogen-bond acceptors (Lipinski definition) is 5. The summed E-state index contributed by atoms with van der Waals surface area (Å²) in [6.45, 7) is 3.79. The van der Waals surface area contributed by atoms with E-state index in [2.05, 4.69) is 33.7 Å². The number of hydrogen-bond donors (Lipinski definition) is 1. The molecule has 1 aliphatic heterocycles. The summed E-state index contributed by atoms with van der Waals surface area (Å²) in [7, 11) is 1.47. The first kappa shape index (κ1) is 22.8. The monoisotopic (exact) mass is 494 g/mol. The van der Waals surface area contributed by atoms with Gasteiger partial charge in [-0.3, -0.25) is 14.9 Å². The number of halogens is 1. The standard InChI is InChI=1S/C24H19BrN2O5/c1-4-6-16-12-15(14-20(31-3)21(16)32-11-5-2)13-19-22(28)26-24(30)27(23(19)29)18-9-7-17(25)8-10-18/h2,4,7-10,12-14H,1,6,11H2,3H3,(H,26,28,30)/b19-13-. The molecule has 0 atom stereocenters. The first-order valence-electron chi connectivity index (χ1n) is 9.44. The fourth-order valence-electron chi connectivity index (χ4n) is 3.15. The maximum atomic E-state index is 13.1. The van der Waals surface area contributed by atoms with Crippen LogP contribution < -0.4 is 19.7 Å². The summed E-state index contributed by atoms with van der Waals surface area (Å²) in [4.78, 5) is 38.8. The van der Waals surface area contributed by atoms with Crippen LogP contribution in [0.3, 0.4) is 0 Å². The number of nitrogens with zero attached hydrogens (tertiary/aromatic N) is 1. The number of nitrogens with one attached hydrogen (secondary N) is 1. The number of imide groups is 2. The Hall–Kier alpha value is -3.83. The molecule has 0 unspecified atom stereocenters. The van der Waals surface area contributed by atoms with Crippen LogP contribution in [0.25, 0.3) is 6.08 Å². The Labute approximate surface area is 193 Å². The minimum atomic E-state index is -0.817. The Bertz CT molecular complexity index is 1160. The Morgan fingerprint density at radius 2 is 1.94 bits per heavy atom. The number of methoxy groups -OCH3 is 1. The summed E-state index contributed by atoms with van der Waals surface area (Å²) in [5, 5.41) is 2.20. The quantitative estimate of drug-likeness (QED) is 0.273. The van der Waals surface area contributed by atoms with Gasteiger partial charge >= 0.3 is 6.03 Å². The van der Waals surface area contributed by atoms with Crippen LogP contribution in [0.4, 0.5) is 10.5 Å². The maximum absolute atomic E-state index is 13.1. The van der Waals surface area contributed by atoms with Crippen LogP contribution in [0.15, 0.2) is 59.1 Å². The number of terminal acetylenes is 1. The predicted molar refractivity (Wildman–Crippen MR) is 124 cm³/mol. The van der Waals surface area contributed by atoms with Crippen molar-refractivity contribution in [2.24, 2.45) is 0 Å². The van der Waals surface area contributed by atoms with Gasteiger partial charge in [0, 0.05) is 10.0 Å². The summed E-state index contributed by atoms with van der Waals surface area (Å²) in [5.74, 6) is 1.72. The lowest BCUT2D eigenvalue weighted by Gasteiger charge is -2.26. The number of anilines is 1. The number of allylic oxidation sites excluding steroid dienone is 1. The van der Waals surface area contributed by atoms with Gasteiger partial charge in [0.25, 0.3) is 11.8 Å². The number of amides is 4. The van der Waals surface area contributed by atoms with Gasteiger partial charge < -0.3 is 9.47 Å². The molecule has 0 spiro atoms. The molecule has 1 fully saturated rings. The van der Waals surface area contributed by atoms with E-state index in [0.29, 0.717) is 34.7 Å². The molecular weight excluding hydrogens is 476 g/mol. The highest BCUT2D eigenvalue weighted by Gasteiger charge is 2.36. The summed E-state index contributed by atoms with van der Waals surface area (Å²) in [6.07, 6.45) is 8.82. The molecule has 0 bridgehead atoms. The fraction of sp³-hybridized carbons (Fsp3) is 0.125. The summed E-state index contributed by atoms with van der Waals surface area (Å²) < 4.78 is 11.8. The van der Waals surface area contributed by atoms with Gasteiger partial charge in [0.1, 0.15) is 12.2 Å². The average Bonchev–Trinajstić information content (AvgIpc) is 2.77. The molecule has 0 saturated carbocycles. The minimum Gasteiger partial charge on any atom is -0.493 e. The zero-order chi connectivity index (χ0) is 23.3. The highest BCUT2D eigenvalue weighted by Crippen LogP contribution is 2.35. The second-order valence-electron chi connectivity index (χ2n) is 6.63. The molecule has 8 heteroatoms. The molecule has 3 rings (SSSR count). The summed E-state index contributed by atoms with van der Waals surface area (Å²) in [6, 6.07) is 9.11. The highest BCUT2D eigenvalue weighted by molar-refractivity contribution is 9.10. The van der Waals surface area contributed by atoms with E-state index in [0.717, 1.165) is 9.37 Å². The number of carbonyl (C=O) groups is 3. The molecule has 1 N–H and O–H groups in total. The van der Waals surface area contributed by atoms with Gasteiger partial charge in [-0.2, -0.15) is 0 Å². The van der Waals surface area contributed by atoms with Crippen molar-refractivity contribution in [1.82, 2.24) is 5.32 Å². The van der Waals surface area contributed by atoms with Crippen LogP contribution in [-0.4, -0.2) is 31.6 Å². The van der Waals surface area contributed by atoms with Gasteiger partial charge in [0.2, 0.25) is 0 Å². The Kier molecular flexibility index (Phi) is 7.13. The van der Waals surface area contributed by atoms with Crippen molar-refractivity contribution in [1.29, 1.82) is 0 Å². The van der Waals surface area contributed by atoms with Gasteiger partial charge in [-0.1, -0.05) is 27.9 Å². The fourth-order valence-corrected chi connectivity index (χ4v) is 3.42. The lowest BCUT2D eigenvalue weighted by molar-refractivity contribution is -0.122. The van der Waals surface area contributed by atoms with Crippen molar-refractivity contribution in [3.63, 3.8) is 0 Å². The number of rotatable bonds is 7. The molecule has 1 saturated heterocycles. The molecule has 32 heavy (non-hydrogen) atoms. The number of urea groups is 1. The van der Waals surface area contributed by atoms with Crippen LogP contribution in [0.5, 0.6) is 11.5 Å². The summed E-state index contributed by atoms with van der Waals surface area (Å²) >= 11 is 3.31. The van der Waals surface area contributed by atoms with E-state index in [9.17, 15) is 14.4 Å². The van der Waals surface area contributed by atoms with E-state index in [4.69, 9.17) is 15.9 Å². The third kappa shape index (κ3) is 4.74. The smallest absolute Gasteiger partial charge is 0.335 e. The SMILES string of the molecule is C#CCOc1c(CC=C)cc(/C=C2/C(=O)NC(=O)N(c3ccc(Br)cc3)C2=O)cc1OC. The zero-order valence-electron chi connectivity index (χ0n) is 17.2. The van der Waals surface area contributed by atoms with E-state index in [1.54, 1.807) is 42.5 Å². The predicted octanol–water partition coefficient (Wildman–Crippen LogP) is 3.86. The normalized spacial score (nSPS) is 14.7. The molecule has 2 aromatic carbocycles. The van der Waals surface area contributed by atoms with Gasteiger partial charge in [-0.25, -0.2) is 9.69 Å². The molecule has 0 radical (unpaired) electrons. The van der Waals surface area contributed by atoms with E-state index in [-0.39, 0.29) is 12.2 Å². The van der Waals surface area contributed by atoms with Gasteiger partial charge in [-0.15, -0.1) is 13.0 Å². The maximum Gasteiger partial charge on any atom is 0.335 e. The molecule has 0 aliphatic carbocycles. The van der Waals surface area contributed by atoms with Crippen molar-refractivity contribution in [2.45, 2.75) is 6.42 Å². The second-order valence-corrected chi connectivity index (χ2v) is 7.55. The van der Waals surface area contributed by atoms with Crippen molar-refractivity contribution in [2.75, 3.05) is 18.6 Å². The Balaban J connectivity index is 2.06. The van der Waals surface area contributed by atoms with E-state index >= 15 is 0 Å². The topological polar surface area (TPSA) is 84.9 Å². The number of carbonyl (C=O) groups excluding carboxylic acids is 3. The third-order valence-electron chi connectivity index (χ3n) is 4.54. The molecule has 0 aromatic heterocycles. The van der Waals surface area contributed by atoms with Crippen LogP contribution in [0.2, 0.25) is 0 Å². The largest absolute Gasteiger partial charge is 0.493 e. The van der Waals surface area contributed by atoms with Crippen molar-refractivity contribution < 1.29 is 23.9 Å². The van der Waals surface area contributed by atoms with Crippen LogP contribution in [0.1, 0.15) is 11.1 Å². The van der Waals surface area contributed by atoms with Crippen molar-refractivity contribution in [3.05, 3.63) is 70.2 Å². The van der Waals surface area contributed by atoms with Crippen molar-refractivity contribution in [3.8, 4) is 23.8 Å². The Morgan fingerprint density at radius 1 is 1.22 bits per heavy atom. The third-order valence-corrected chi connectivity index (χ3v) is 5.06. The van der Waals surface area contributed by atoms with Gasteiger partial charge in [-0.05, 0) is 54.5 Å². The lowest BCUT2D eigenvalue weighted by atomic mass is 10.0. The second kappa shape index (κ2) is 9.98. The van der Waals surface area contributed by atoms with Crippen LogP contribution in [0, 0.1) is 12.3 Å². The zero-order valence-corrected chi connectivity index (χ0v) is 18.8. The number of barbiturate groups is 1. The average molecular weight is 495 g/mol. The molecule has 162 valence electrons. The molecule has 1 aliphatic rings. The van der Waals surface area contributed by atoms with E-state index < -0.39 is 17.8 Å². The molecule has 7 nitrogen and oxygen atoms in total. The molecule has 2 aromatic rings. The number of ether oxygens (including phenoxy) is 2. The molecular formula is C24H19BrN2O5. The minimum absolute atomic E-state index is 0.0477. The van der Waals surface area contributed by atoms with Crippen molar-refractivity contribution >= 4 is 45.5 Å². The Morgan fingerprint density at radius 3 is 2.56 bits per heavy atom. The highest BCUT2D eigenvalue weighted by atomic mass is 79.9. The van der Waals surface area contributed by atoms with Gasteiger partial charge in [0.15, 0.2) is 11.5 Å². The number of benzene rings is 2. The first-order valence-corrected chi connectivity index (χ1v) is 10.2. The van der Waals surface area contributed by atoms with E-state index in [1.807, 2.05) is 0 Å². The van der Waals surface area contributed by atoms with Crippen LogP contribution >= 0.6 is 15.9 Å².